The van der Waals surface area contributed by atoms with E-state index in [4.69, 9.17) is 21.5 Å². The molecule has 8 nitrogen and oxygen atoms in total. The maximum absolute atomic E-state index is 12.4. The Labute approximate surface area is 188 Å². The molecule has 0 aliphatic carbocycles. The number of hydrogen-bond acceptors (Lipinski definition) is 7. The number of thiazole rings is 1. The number of benzene rings is 2. The number of anilines is 1. The summed E-state index contributed by atoms with van der Waals surface area (Å²) in [4.78, 5) is 29.1. The first-order valence-electron chi connectivity index (χ1n) is 8.88. The maximum Gasteiger partial charge on any atom is 0.350 e. The zero-order chi connectivity index (χ0) is 22.8. The van der Waals surface area contributed by atoms with E-state index in [2.05, 4.69) is 10.3 Å². The fourth-order valence-electron chi connectivity index (χ4n) is 2.68. The fraction of sp³-hybridized carbons (Fsp3) is 0.150. The first-order chi connectivity index (χ1) is 14.5. The van der Waals surface area contributed by atoms with E-state index in [1.807, 2.05) is 0 Å². The van der Waals surface area contributed by atoms with Crippen LogP contribution in [0.4, 0.5) is 5.69 Å². The molecule has 3 N–H and O–H groups in total. The summed E-state index contributed by atoms with van der Waals surface area (Å²) in [5.41, 5.74) is 1.95. The van der Waals surface area contributed by atoms with Crippen LogP contribution in [0.2, 0.25) is 5.02 Å². The van der Waals surface area contributed by atoms with Gasteiger partial charge in [-0.25, -0.2) is 23.3 Å². The number of hydrogen-bond donors (Lipinski definition) is 2. The van der Waals surface area contributed by atoms with E-state index in [0.29, 0.717) is 21.3 Å². The van der Waals surface area contributed by atoms with Crippen molar-refractivity contribution in [3.63, 3.8) is 0 Å². The molecule has 0 bridgehead atoms. The van der Waals surface area contributed by atoms with Crippen molar-refractivity contribution in [2.45, 2.75) is 18.7 Å². The van der Waals surface area contributed by atoms with Crippen molar-refractivity contribution in [3.8, 4) is 10.6 Å². The average Bonchev–Trinajstić information content (AvgIpc) is 3.09. The number of halogens is 1. The molecule has 31 heavy (non-hydrogen) atoms. The molecule has 0 spiro atoms. The molecule has 0 unspecified atom stereocenters. The molecule has 3 rings (SSSR count). The highest BCUT2D eigenvalue weighted by Crippen LogP contribution is 2.29. The Morgan fingerprint density at radius 1 is 1.16 bits per heavy atom. The molecular weight excluding hydrogens is 462 g/mol. The second-order valence-corrected chi connectivity index (χ2v) is 9.56. The molecule has 1 heterocycles. The summed E-state index contributed by atoms with van der Waals surface area (Å²) < 4.78 is 28.3. The number of carbonyl (C=O) groups is 2. The number of primary sulfonamides is 1. The van der Waals surface area contributed by atoms with Gasteiger partial charge in [0, 0.05) is 16.3 Å². The molecule has 1 aromatic heterocycles. The van der Waals surface area contributed by atoms with Gasteiger partial charge in [-0.1, -0.05) is 29.8 Å². The zero-order valence-electron chi connectivity index (χ0n) is 16.5. The van der Waals surface area contributed by atoms with Crippen molar-refractivity contribution < 1.29 is 22.7 Å². The lowest BCUT2D eigenvalue weighted by atomic mass is 10.2. The van der Waals surface area contributed by atoms with Crippen LogP contribution < -0.4 is 10.5 Å². The Morgan fingerprint density at radius 3 is 2.48 bits per heavy atom. The van der Waals surface area contributed by atoms with Gasteiger partial charge in [-0.3, -0.25) is 4.79 Å². The standard InChI is InChI=1S/C20H18ClN3O5S2/c1-11-3-8-15(9-16(11)31(22,27)28)24-17(25)10-29-20(26)18-12(2)23-19(30-18)13-4-6-14(21)7-5-13/h3-9H,10H2,1-2H3,(H,24,25)(H2,22,27,28). The quantitative estimate of drug-likeness (QED) is 0.520. The van der Waals surface area contributed by atoms with Gasteiger partial charge in [0.05, 0.1) is 10.6 Å². The molecule has 2 aromatic carbocycles. The average molecular weight is 480 g/mol. The van der Waals surface area contributed by atoms with Gasteiger partial charge in [0.25, 0.3) is 5.91 Å². The lowest BCUT2D eigenvalue weighted by Crippen LogP contribution is -2.21. The van der Waals surface area contributed by atoms with E-state index < -0.39 is 28.5 Å². The van der Waals surface area contributed by atoms with Gasteiger partial charge in [0.2, 0.25) is 10.0 Å². The van der Waals surface area contributed by atoms with Gasteiger partial charge in [-0.2, -0.15) is 0 Å². The van der Waals surface area contributed by atoms with E-state index in [9.17, 15) is 18.0 Å². The number of sulfonamides is 1. The van der Waals surface area contributed by atoms with Gasteiger partial charge in [0.1, 0.15) is 9.88 Å². The lowest BCUT2D eigenvalue weighted by molar-refractivity contribution is -0.119. The zero-order valence-corrected chi connectivity index (χ0v) is 18.9. The van der Waals surface area contributed by atoms with Crippen molar-refractivity contribution in [2.75, 3.05) is 11.9 Å². The summed E-state index contributed by atoms with van der Waals surface area (Å²) >= 11 is 7.04. The highest BCUT2D eigenvalue weighted by Gasteiger charge is 2.19. The molecule has 0 saturated carbocycles. The van der Waals surface area contributed by atoms with Crippen LogP contribution in [0.25, 0.3) is 10.6 Å². The van der Waals surface area contributed by atoms with Crippen LogP contribution in [-0.4, -0.2) is 31.9 Å². The van der Waals surface area contributed by atoms with Gasteiger partial charge in [0.15, 0.2) is 6.61 Å². The molecule has 162 valence electrons. The van der Waals surface area contributed by atoms with Crippen LogP contribution in [0.15, 0.2) is 47.4 Å². The van der Waals surface area contributed by atoms with Crippen LogP contribution in [0.3, 0.4) is 0 Å². The van der Waals surface area contributed by atoms with Crippen LogP contribution in [0.1, 0.15) is 20.9 Å². The Balaban J connectivity index is 1.65. The fourth-order valence-corrected chi connectivity index (χ4v) is 4.58. The predicted molar refractivity (Wildman–Crippen MR) is 119 cm³/mol. The summed E-state index contributed by atoms with van der Waals surface area (Å²) in [5, 5.41) is 8.86. The molecule has 0 aliphatic rings. The van der Waals surface area contributed by atoms with Gasteiger partial charge < -0.3 is 10.1 Å². The van der Waals surface area contributed by atoms with Crippen LogP contribution in [-0.2, 0) is 19.6 Å². The highest BCUT2D eigenvalue weighted by molar-refractivity contribution is 7.89. The normalized spacial score (nSPS) is 11.2. The minimum Gasteiger partial charge on any atom is -0.451 e. The second-order valence-electron chi connectivity index (χ2n) is 6.59. The maximum atomic E-state index is 12.4. The van der Waals surface area contributed by atoms with Crippen LogP contribution in [0.5, 0.6) is 0 Å². The number of rotatable bonds is 6. The first kappa shape index (κ1) is 22.9. The number of aromatic nitrogens is 1. The Kier molecular flexibility index (Phi) is 6.75. The van der Waals surface area contributed by atoms with Crippen LogP contribution >= 0.6 is 22.9 Å². The Bertz CT molecular complexity index is 1250. The summed E-state index contributed by atoms with van der Waals surface area (Å²) in [6.45, 7) is 2.71. The van der Waals surface area contributed by atoms with Crippen molar-refractivity contribution in [2.24, 2.45) is 5.14 Å². The summed E-state index contributed by atoms with van der Waals surface area (Å²) in [7, 11) is -3.93. The number of nitrogens with zero attached hydrogens (tertiary/aromatic N) is 1. The topological polar surface area (TPSA) is 128 Å². The number of nitrogens with two attached hydrogens (primary N) is 1. The van der Waals surface area contributed by atoms with Crippen molar-refractivity contribution in [1.82, 2.24) is 4.98 Å². The molecular formula is C20H18ClN3O5S2. The van der Waals surface area contributed by atoms with E-state index in [-0.39, 0.29) is 15.5 Å². The molecule has 0 aliphatic heterocycles. The molecule has 0 radical (unpaired) electrons. The summed E-state index contributed by atoms with van der Waals surface area (Å²) in [6, 6.07) is 11.3. The van der Waals surface area contributed by atoms with Gasteiger partial charge >= 0.3 is 5.97 Å². The SMILES string of the molecule is Cc1ccc(NC(=O)COC(=O)c2sc(-c3ccc(Cl)cc3)nc2C)cc1S(N)(=O)=O. The number of esters is 1. The van der Waals surface area contributed by atoms with E-state index in [1.165, 1.54) is 18.2 Å². The first-order valence-corrected chi connectivity index (χ1v) is 11.6. The van der Waals surface area contributed by atoms with Crippen molar-refractivity contribution in [3.05, 3.63) is 63.6 Å². The third kappa shape index (κ3) is 5.67. The molecule has 1 amide bonds. The minimum atomic E-state index is -3.93. The van der Waals surface area contributed by atoms with Gasteiger partial charge in [-0.05, 0) is 43.7 Å². The monoisotopic (exact) mass is 479 g/mol. The Morgan fingerprint density at radius 2 is 1.84 bits per heavy atom. The van der Waals surface area contributed by atoms with Crippen LogP contribution in [0, 0.1) is 13.8 Å². The van der Waals surface area contributed by atoms with E-state index in [1.54, 1.807) is 38.1 Å². The number of ether oxygens (including phenoxy) is 1. The second kappa shape index (κ2) is 9.15. The highest BCUT2D eigenvalue weighted by atomic mass is 35.5. The molecule has 11 heteroatoms. The largest absolute Gasteiger partial charge is 0.451 e. The predicted octanol–water partition coefficient (Wildman–Crippen LogP) is 3.52. The number of amides is 1. The summed E-state index contributed by atoms with van der Waals surface area (Å²) in [5.74, 6) is -1.31. The molecule has 0 atom stereocenters. The number of carbonyl (C=O) groups excluding carboxylic acids is 2. The summed E-state index contributed by atoms with van der Waals surface area (Å²) in [6.07, 6.45) is 0. The van der Waals surface area contributed by atoms with E-state index in [0.717, 1.165) is 16.9 Å². The molecule has 0 fully saturated rings. The minimum absolute atomic E-state index is 0.0997. The number of aryl methyl sites for hydroxylation is 2. The number of nitrogens with one attached hydrogen (secondary N) is 1. The van der Waals surface area contributed by atoms with Crippen molar-refractivity contribution in [1.29, 1.82) is 0 Å². The molecule has 3 aromatic rings. The van der Waals surface area contributed by atoms with E-state index >= 15 is 0 Å². The lowest BCUT2D eigenvalue weighted by Gasteiger charge is -2.09. The third-order valence-corrected chi connectivity index (χ3v) is 6.68. The Hall–Kier alpha value is -2.79. The molecule has 0 saturated heterocycles. The van der Waals surface area contributed by atoms with Gasteiger partial charge in [-0.15, -0.1) is 11.3 Å². The van der Waals surface area contributed by atoms with Crippen molar-refractivity contribution >= 4 is 50.5 Å². The third-order valence-electron chi connectivity index (χ3n) is 4.19. The smallest absolute Gasteiger partial charge is 0.350 e.